The average Bonchev–Trinajstić information content (AvgIpc) is 2.63. The van der Waals surface area contributed by atoms with Gasteiger partial charge in [-0.05, 0) is 36.9 Å². The molecule has 0 aliphatic heterocycles. The number of rotatable bonds is 5. The Labute approximate surface area is 104 Å². The molecule has 92 valence electrons. The Hall–Kier alpha value is -1.62. The van der Waals surface area contributed by atoms with Gasteiger partial charge in [-0.15, -0.1) is 11.3 Å². The van der Waals surface area contributed by atoms with Crippen molar-refractivity contribution < 1.29 is 19.4 Å². The maximum absolute atomic E-state index is 11.5. The van der Waals surface area contributed by atoms with E-state index in [1.165, 1.54) is 11.3 Å². The number of esters is 1. The van der Waals surface area contributed by atoms with Crippen molar-refractivity contribution >= 4 is 29.4 Å². The van der Waals surface area contributed by atoms with Gasteiger partial charge < -0.3 is 9.84 Å². The van der Waals surface area contributed by atoms with Crippen molar-refractivity contribution in [3.8, 4) is 0 Å². The Morgan fingerprint density at radius 3 is 2.71 bits per heavy atom. The minimum Gasteiger partial charge on any atom is -0.481 e. The van der Waals surface area contributed by atoms with Crippen molar-refractivity contribution in [3.05, 3.63) is 27.5 Å². The number of ether oxygens (including phenoxy) is 1. The van der Waals surface area contributed by atoms with Gasteiger partial charge in [0.2, 0.25) is 0 Å². The second-order valence-electron chi connectivity index (χ2n) is 3.49. The fourth-order valence-electron chi connectivity index (χ4n) is 1.27. The molecule has 1 rings (SSSR count). The minimum absolute atomic E-state index is 0.168. The first-order chi connectivity index (χ1) is 8.02. The summed E-state index contributed by atoms with van der Waals surface area (Å²) in [6.45, 7) is 3.86. The monoisotopic (exact) mass is 254 g/mol. The predicted octanol–water partition coefficient (Wildman–Crippen LogP) is 2.48. The third kappa shape index (κ3) is 4.40. The zero-order valence-electron chi connectivity index (χ0n) is 9.73. The van der Waals surface area contributed by atoms with Gasteiger partial charge in [0, 0.05) is 10.5 Å². The number of carboxylic acid groups (broad SMARTS) is 1. The normalized spacial score (nSPS) is 11.3. The second kappa shape index (κ2) is 6.20. The van der Waals surface area contributed by atoms with E-state index in [1.807, 2.05) is 18.4 Å². The van der Waals surface area contributed by atoms with Crippen LogP contribution < -0.4 is 0 Å². The summed E-state index contributed by atoms with van der Waals surface area (Å²) < 4.78 is 4.82. The molecule has 4 nitrogen and oxygen atoms in total. The molecule has 0 fully saturated rings. The molecule has 0 aliphatic carbocycles. The van der Waals surface area contributed by atoms with E-state index in [-0.39, 0.29) is 18.6 Å². The largest absolute Gasteiger partial charge is 0.481 e. The Bertz CT molecular complexity index is 445. The van der Waals surface area contributed by atoms with E-state index in [1.54, 1.807) is 13.0 Å². The lowest BCUT2D eigenvalue weighted by Gasteiger charge is -2.03. The van der Waals surface area contributed by atoms with Crippen LogP contribution in [0.5, 0.6) is 0 Å². The average molecular weight is 254 g/mol. The van der Waals surface area contributed by atoms with Gasteiger partial charge in [0.15, 0.2) is 0 Å². The summed E-state index contributed by atoms with van der Waals surface area (Å²) in [5.74, 6) is -1.61. The molecule has 1 aromatic rings. The number of aliphatic carboxylic acids is 1. The summed E-state index contributed by atoms with van der Waals surface area (Å²) in [6, 6.07) is 1.89. The van der Waals surface area contributed by atoms with Crippen LogP contribution in [0.4, 0.5) is 0 Å². The molecule has 0 spiro atoms. The van der Waals surface area contributed by atoms with E-state index in [9.17, 15) is 9.59 Å². The lowest BCUT2D eigenvalue weighted by Crippen LogP contribution is -2.11. The van der Waals surface area contributed by atoms with E-state index >= 15 is 0 Å². The van der Waals surface area contributed by atoms with Crippen molar-refractivity contribution in [1.29, 1.82) is 0 Å². The maximum atomic E-state index is 11.5. The Balaban J connectivity index is 2.92. The highest BCUT2D eigenvalue weighted by molar-refractivity contribution is 7.11. The first kappa shape index (κ1) is 13.4. The fraction of sp³-hybridized carbons (Fsp3) is 0.333. The number of thiophene rings is 1. The van der Waals surface area contributed by atoms with Crippen molar-refractivity contribution in [3.63, 3.8) is 0 Å². The number of hydrogen-bond donors (Lipinski definition) is 1. The molecule has 0 atom stereocenters. The van der Waals surface area contributed by atoms with Gasteiger partial charge in [0.05, 0.1) is 13.0 Å². The SMILES string of the molecule is CCOC(=O)C(=Cc1cc(C)cs1)CC(=O)O. The van der Waals surface area contributed by atoms with Gasteiger partial charge in [0.25, 0.3) is 0 Å². The van der Waals surface area contributed by atoms with Crippen LogP contribution in [0.25, 0.3) is 6.08 Å². The first-order valence-electron chi connectivity index (χ1n) is 5.17. The first-order valence-corrected chi connectivity index (χ1v) is 6.05. The van der Waals surface area contributed by atoms with Crippen LogP contribution in [0.1, 0.15) is 23.8 Å². The van der Waals surface area contributed by atoms with Crippen LogP contribution in [0.3, 0.4) is 0 Å². The molecule has 1 N–H and O–H groups in total. The van der Waals surface area contributed by atoms with Crippen LogP contribution in [-0.4, -0.2) is 23.7 Å². The number of hydrogen-bond acceptors (Lipinski definition) is 4. The topological polar surface area (TPSA) is 63.6 Å². The lowest BCUT2D eigenvalue weighted by molar-refractivity contribution is -0.142. The summed E-state index contributed by atoms with van der Waals surface area (Å²) in [4.78, 5) is 23.1. The molecule has 0 saturated heterocycles. The van der Waals surface area contributed by atoms with E-state index in [2.05, 4.69) is 0 Å². The van der Waals surface area contributed by atoms with Crippen molar-refractivity contribution in [2.45, 2.75) is 20.3 Å². The molecule has 0 amide bonds. The molecule has 0 aliphatic rings. The van der Waals surface area contributed by atoms with E-state index in [4.69, 9.17) is 9.84 Å². The molecule has 5 heteroatoms. The van der Waals surface area contributed by atoms with E-state index < -0.39 is 11.9 Å². The zero-order chi connectivity index (χ0) is 12.8. The Morgan fingerprint density at radius 2 is 2.24 bits per heavy atom. The smallest absolute Gasteiger partial charge is 0.334 e. The molecular weight excluding hydrogens is 240 g/mol. The molecule has 1 heterocycles. The number of carbonyl (C=O) groups is 2. The summed E-state index contributed by atoms with van der Waals surface area (Å²) in [7, 11) is 0. The summed E-state index contributed by atoms with van der Waals surface area (Å²) in [5, 5.41) is 10.7. The van der Waals surface area contributed by atoms with Gasteiger partial charge in [-0.3, -0.25) is 4.79 Å². The van der Waals surface area contributed by atoms with Gasteiger partial charge >= 0.3 is 11.9 Å². The molecule has 17 heavy (non-hydrogen) atoms. The van der Waals surface area contributed by atoms with Crippen molar-refractivity contribution in [1.82, 2.24) is 0 Å². The summed E-state index contributed by atoms with van der Waals surface area (Å²) >= 11 is 1.46. The lowest BCUT2D eigenvalue weighted by atomic mass is 10.1. The van der Waals surface area contributed by atoms with Crippen molar-refractivity contribution in [2.75, 3.05) is 6.61 Å². The van der Waals surface area contributed by atoms with Gasteiger partial charge in [-0.1, -0.05) is 0 Å². The minimum atomic E-state index is -1.04. The zero-order valence-corrected chi connectivity index (χ0v) is 10.5. The highest BCUT2D eigenvalue weighted by Gasteiger charge is 2.14. The van der Waals surface area contributed by atoms with Gasteiger partial charge in [-0.2, -0.15) is 0 Å². The molecule has 0 aromatic carbocycles. The van der Waals surface area contributed by atoms with Crippen LogP contribution >= 0.6 is 11.3 Å². The molecule has 0 unspecified atom stereocenters. The molecule has 0 bridgehead atoms. The van der Waals surface area contributed by atoms with Gasteiger partial charge in [-0.25, -0.2) is 4.79 Å². The highest BCUT2D eigenvalue weighted by atomic mass is 32.1. The summed E-state index contributed by atoms with van der Waals surface area (Å²) in [5.41, 5.74) is 1.25. The third-order valence-corrected chi connectivity index (χ3v) is 2.94. The van der Waals surface area contributed by atoms with Crippen molar-refractivity contribution in [2.24, 2.45) is 0 Å². The molecule has 1 aromatic heterocycles. The maximum Gasteiger partial charge on any atom is 0.334 e. The Morgan fingerprint density at radius 1 is 1.53 bits per heavy atom. The van der Waals surface area contributed by atoms with E-state index in [0.29, 0.717) is 0 Å². The summed E-state index contributed by atoms with van der Waals surface area (Å²) in [6.07, 6.45) is 1.25. The standard InChI is InChI=1S/C12H14O4S/c1-3-16-12(15)9(6-11(13)14)5-10-4-8(2)7-17-10/h4-5,7H,3,6H2,1-2H3,(H,13,14). The number of aryl methyl sites for hydroxylation is 1. The van der Waals surface area contributed by atoms with Gasteiger partial charge in [0.1, 0.15) is 0 Å². The van der Waals surface area contributed by atoms with E-state index in [0.717, 1.165) is 10.4 Å². The van der Waals surface area contributed by atoms with Crippen LogP contribution in [0.15, 0.2) is 17.0 Å². The quantitative estimate of drug-likeness (QED) is 0.647. The third-order valence-electron chi connectivity index (χ3n) is 1.95. The Kier molecular flexibility index (Phi) is 4.90. The molecular formula is C12H14O4S. The van der Waals surface area contributed by atoms with Crippen LogP contribution in [0.2, 0.25) is 0 Å². The number of carboxylic acids is 1. The van der Waals surface area contributed by atoms with Crippen LogP contribution in [0, 0.1) is 6.92 Å². The number of carbonyl (C=O) groups excluding carboxylic acids is 1. The molecule has 0 radical (unpaired) electrons. The predicted molar refractivity (Wildman–Crippen MR) is 65.9 cm³/mol. The van der Waals surface area contributed by atoms with Crippen LogP contribution in [-0.2, 0) is 14.3 Å². The second-order valence-corrected chi connectivity index (χ2v) is 4.43. The molecule has 0 saturated carbocycles. The highest BCUT2D eigenvalue weighted by Crippen LogP contribution is 2.19. The fourth-order valence-corrected chi connectivity index (χ4v) is 2.12.